The molecule has 0 aliphatic carbocycles. The highest BCUT2D eigenvalue weighted by Gasteiger charge is 2.25. The van der Waals surface area contributed by atoms with E-state index in [1.165, 1.54) is 6.66 Å². The second kappa shape index (κ2) is 7.81. The van der Waals surface area contributed by atoms with Crippen molar-refractivity contribution in [1.82, 2.24) is 5.32 Å². The van der Waals surface area contributed by atoms with Gasteiger partial charge in [0.15, 0.2) is 0 Å². The minimum absolute atomic E-state index is 0.0791. The first-order valence-corrected chi connectivity index (χ1v) is 9.24. The van der Waals surface area contributed by atoms with Crippen molar-refractivity contribution in [3.63, 3.8) is 0 Å². The van der Waals surface area contributed by atoms with Crippen LogP contribution in [0, 0.1) is 5.92 Å². The Labute approximate surface area is 111 Å². The van der Waals surface area contributed by atoms with E-state index in [1.54, 1.807) is 20.8 Å². The van der Waals surface area contributed by atoms with Crippen LogP contribution < -0.4 is 5.32 Å². The van der Waals surface area contributed by atoms with Gasteiger partial charge < -0.3 is 14.9 Å². The van der Waals surface area contributed by atoms with Crippen LogP contribution in [0.1, 0.15) is 20.8 Å². The maximum Gasteiger partial charge on any atom is 0.326 e. The van der Waals surface area contributed by atoms with E-state index in [-0.39, 0.29) is 11.7 Å². The molecular weight excluding hydrogens is 277 g/mol. The molecule has 0 aromatic carbocycles. The summed E-state index contributed by atoms with van der Waals surface area (Å²) in [5.74, 6) is -1.82. The van der Waals surface area contributed by atoms with Gasteiger partial charge in [0.2, 0.25) is 5.91 Å². The minimum atomic E-state index is -2.83. The van der Waals surface area contributed by atoms with Gasteiger partial charge in [0, 0.05) is 6.66 Å². The lowest BCUT2D eigenvalue weighted by Gasteiger charge is -2.18. The largest absolute Gasteiger partial charge is 0.480 e. The summed E-state index contributed by atoms with van der Waals surface area (Å²) in [5.41, 5.74) is 0. The Morgan fingerprint density at radius 2 is 2.00 bits per heavy atom. The second-order valence-electron chi connectivity index (χ2n) is 4.09. The Kier molecular flexibility index (Phi) is 7.59. The van der Waals surface area contributed by atoms with Gasteiger partial charge in [0.25, 0.3) is 6.57 Å². The summed E-state index contributed by atoms with van der Waals surface area (Å²) in [4.78, 5) is 22.4. The Bertz CT molecular complexity index is 347. The summed E-state index contributed by atoms with van der Waals surface area (Å²) in [6.45, 7) is 4.05. The molecule has 0 aromatic rings. The van der Waals surface area contributed by atoms with Crippen LogP contribution in [0.5, 0.6) is 0 Å². The average molecular weight is 297 g/mol. The first-order chi connectivity index (χ1) is 8.19. The van der Waals surface area contributed by atoms with Gasteiger partial charge in [-0.15, -0.1) is 0 Å². The first-order valence-electron chi connectivity index (χ1n) is 5.58. The van der Waals surface area contributed by atoms with E-state index in [1.807, 2.05) is 0 Å². The van der Waals surface area contributed by atoms with E-state index in [0.717, 1.165) is 11.4 Å². The van der Waals surface area contributed by atoms with Crippen LogP contribution in [-0.2, 0) is 18.7 Å². The lowest BCUT2D eigenvalue weighted by Crippen LogP contribution is -2.45. The maximum atomic E-state index is 11.7. The fraction of sp³-hybridized carbons (Fsp3) is 0.800. The van der Waals surface area contributed by atoms with Crippen LogP contribution >= 0.6 is 18.0 Å². The number of aliphatic carboxylic acids is 1. The maximum absolute atomic E-state index is 11.7. The predicted molar refractivity (Wildman–Crippen MR) is 72.0 cm³/mol. The lowest BCUT2D eigenvalue weighted by atomic mass is 10.1. The van der Waals surface area contributed by atoms with Crippen molar-refractivity contribution in [1.29, 1.82) is 0 Å². The zero-order valence-corrected chi connectivity index (χ0v) is 12.7. The molecule has 0 bridgehead atoms. The molecule has 0 aliphatic rings. The van der Waals surface area contributed by atoms with Gasteiger partial charge in [-0.1, -0.05) is 25.2 Å². The molecule has 0 saturated heterocycles. The summed E-state index contributed by atoms with van der Waals surface area (Å²) in [5, 5.41) is 11.3. The van der Waals surface area contributed by atoms with Gasteiger partial charge in [0.1, 0.15) is 6.04 Å². The van der Waals surface area contributed by atoms with E-state index in [0.29, 0.717) is 6.61 Å². The van der Waals surface area contributed by atoms with Crippen molar-refractivity contribution in [3.05, 3.63) is 0 Å². The van der Waals surface area contributed by atoms with Crippen LogP contribution in [0.15, 0.2) is 0 Å². The molecule has 18 heavy (non-hydrogen) atoms. The molecule has 0 aliphatic heterocycles. The van der Waals surface area contributed by atoms with E-state index in [9.17, 15) is 14.2 Å². The number of nitrogens with one attached hydrogen (secondary N) is 1. The number of carboxylic acid groups (broad SMARTS) is 1. The number of hydrogen-bond acceptors (Lipinski definition) is 5. The third-order valence-corrected chi connectivity index (χ3v) is 5.74. The average Bonchev–Trinajstić information content (AvgIpc) is 2.22. The normalized spacial score (nSPS) is 16.1. The van der Waals surface area contributed by atoms with Gasteiger partial charge in [-0.3, -0.25) is 9.36 Å². The molecule has 106 valence electrons. The second-order valence-corrected chi connectivity index (χ2v) is 9.20. The molecule has 1 amide bonds. The van der Waals surface area contributed by atoms with Crippen LogP contribution in [-0.4, -0.2) is 42.0 Å². The van der Waals surface area contributed by atoms with E-state index < -0.39 is 24.5 Å². The third kappa shape index (κ3) is 7.03. The molecule has 2 N–H and O–H groups in total. The van der Waals surface area contributed by atoms with Crippen LogP contribution in [0.25, 0.3) is 0 Å². The van der Waals surface area contributed by atoms with E-state index in [4.69, 9.17) is 9.63 Å². The standard InChI is InChI=1S/C10H20NO5PS/c1-5-16-17(4,15)18-6-8(12)11-9(7(2)3)10(13)14/h7,9H,5-6H2,1-4H3,(H,11,12)(H,13,14)/t9-,17?/m0/s1. The third-order valence-electron chi connectivity index (χ3n) is 2.04. The summed E-state index contributed by atoms with van der Waals surface area (Å²) in [6.07, 6.45) is 0. The van der Waals surface area contributed by atoms with Crippen molar-refractivity contribution in [2.45, 2.75) is 26.8 Å². The molecule has 8 heteroatoms. The summed E-state index contributed by atoms with van der Waals surface area (Å²) in [7, 11) is 0. The van der Waals surface area contributed by atoms with E-state index >= 15 is 0 Å². The molecule has 0 radical (unpaired) electrons. The molecule has 0 heterocycles. The van der Waals surface area contributed by atoms with Crippen LogP contribution in [0.3, 0.4) is 0 Å². The highest BCUT2D eigenvalue weighted by atomic mass is 32.7. The van der Waals surface area contributed by atoms with Gasteiger partial charge in [-0.2, -0.15) is 0 Å². The van der Waals surface area contributed by atoms with Crippen LogP contribution in [0.4, 0.5) is 0 Å². The Morgan fingerprint density at radius 1 is 1.44 bits per heavy atom. The van der Waals surface area contributed by atoms with Crippen molar-refractivity contribution in [3.8, 4) is 0 Å². The van der Waals surface area contributed by atoms with Gasteiger partial charge in [-0.05, 0) is 12.8 Å². The Morgan fingerprint density at radius 3 is 2.39 bits per heavy atom. The highest BCUT2D eigenvalue weighted by Crippen LogP contribution is 2.55. The van der Waals surface area contributed by atoms with Gasteiger partial charge >= 0.3 is 5.97 Å². The lowest BCUT2D eigenvalue weighted by molar-refractivity contribution is -0.142. The molecule has 2 atom stereocenters. The number of carbonyl (C=O) groups is 2. The number of rotatable bonds is 8. The van der Waals surface area contributed by atoms with Crippen molar-refractivity contribution in [2.24, 2.45) is 5.92 Å². The quantitative estimate of drug-likeness (QED) is 0.664. The monoisotopic (exact) mass is 297 g/mol. The number of carbonyl (C=O) groups excluding carboxylic acids is 1. The molecule has 0 fully saturated rings. The fourth-order valence-electron chi connectivity index (χ4n) is 1.18. The van der Waals surface area contributed by atoms with Crippen molar-refractivity contribution in [2.75, 3.05) is 19.0 Å². The van der Waals surface area contributed by atoms with E-state index in [2.05, 4.69) is 5.32 Å². The Hall–Kier alpha value is -0.520. The Balaban J connectivity index is 4.27. The zero-order chi connectivity index (χ0) is 14.3. The van der Waals surface area contributed by atoms with Gasteiger partial charge in [0.05, 0.1) is 12.4 Å². The predicted octanol–water partition coefficient (Wildman–Crippen LogP) is 1.80. The van der Waals surface area contributed by atoms with Crippen molar-refractivity contribution < 1.29 is 23.8 Å². The molecule has 0 spiro atoms. The number of hydrogen-bond donors (Lipinski definition) is 2. The molecular formula is C10H20NO5PS. The summed E-state index contributed by atoms with van der Waals surface area (Å²) in [6, 6.07) is -0.929. The molecule has 1 unspecified atom stereocenters. The number of amides is 1. The van der Waals surface area contributed by atoms with Gasteiger partial charge in [-0.25, -0.2) is 4.79 Å². The summed E-state index contributed by atoms with van der Waals surface area (Å²) < 4.78 is 16.7. The zero-order valence-electron chi connectivity index (χ0n) is 11.0. The molecule has 0 rings (SSSR count). The first kappa shape index (κ1) is 17.5. The molecule has 6 nitrogen and oxygen atoms in total. The van der Waals surface area contributed by atoms with Crippen molar-refractivity contribution >= 4 is 29.8 Å². The minimum Gasteiger partial charge on any atom is -0.480 e. The molecule has 0 aromatic heterocycles. The summed E-state index contributed by atoms with van der Waals surface area (Å²) >= 11 is 0.905. The topological polar surface area (TPSA) is 92.7 Å². The molecule has 0 saturated carbocycles. The SMILES string of the molecule is CCOP(C)(=O)SCC(=O)N[C@H](C(=O)O)C(C)C. The van der Waals surface area contributed by atoms with Crippen LogP contribution in [0.2, 0.25) is 0 Å². The highest BCUT2D eigenvalue weighted by molar-refractivity contribution is 8.56. The smallest absolute Gasteiger partial charge is 0.326 e. The fourth-order valence-corrected chi connectivity index (χ4v) is 3.75. The number of carboxylic acids is 1.